The van der Waals surface area contributed by atoms with E-state index in [1.54, 1.807) is 12.1 Å². The van der Waals surface area contributed by atoms with Crippen molar-refractivity contribution < 1.29 is 0 Å². The highest BCUT2D eigenvalue weighted by Crippen LogP contribution is 2.08. The summed E-state index contributed by atoms with van der Waals surface area (Å²) in [6.45, 7) is 2.15. The van der Waals surface area contributed by atoms with E-state index in [9.17, 15) is 9.59 Å². The van der Waals surface area contributed by atoms with Gasteiger partial charge in [0.25, 0.3) is 0 Å². The third kappa shape index (κ3) is 2.38. The molecule has 2 N–H and O–H groups in total. The lowest BCUT2D eigenvalue weighted by atomic mass is 10.1. The zero-order chi connectivity index (χ0) is 12.3. The number of aryl methyl sites for hydroxylation is 1. The predicted molar refractivity (Wildman–Crippen MR) is 65.6 cm³/mol. The van der Waals surface area contributed by atoms with Crippen LogP contribution >= 0.6 is 0 Å². The van der Waals surface area contributed by atoms with E-state index in [4.69, 9.17) is 0 Å². The summed E-state index contributed by atoms with van der Waals surface area (Å²) in [7, 11) is 0. The van der Waals surface area contributed by atoms with Crippen molar-refractivity contribution in [2.24, 2.45) is 0 Å². The van der Waals surface area contributed by atoms with Crippen molar-refractivity contribution in [1.29, 1.82) is 0 Å². The second kappa shape index (κ2) is 4.86. The molecular formula is C12H15N3O2. The lowest BCUT2D eigenvalue weighted by Gasteiger charge is -2.02. The van der Waals surface area contributed by atoms with Crippen LogP contribution in [0.15, 0.2) is 33.9 Å². The first-order valence-electron chi connectivity index (χ1n) is 5.71. The molecular weight excluding hydrogens is 218 g/mol. The van der Waals surface area contributed by atoms with Gasteiger partial charge in [0, 0.05) is 0 Å². The molecule has 0 aliphatic carbocycles. The number of aromatic amines is 2. The monoisotopic (exact) mass is 233 g/mol. The Labute approximate surface area is 98.1 Å². The number of hydrogen-bond acceptors (Lipinski definition) is 2. The van der Waals surface area contributed by atoms with E-state index in [2.05, 4.69) is 17.1 Å². The summed E-state index contributed by atoms with van der Waals surface area (Å²) in [5, 5.41) is 4.51. The number of nitrogens with one attached hydrogen (secondary N) is 2. The van der Waals surface area contributed by atoms with E-state index in [0.29, 0.717) is 5.69 Å². The normalized spacial score (nSPS) is 10.6. The maximum atomic E-state index is 11.4. The maximum absolute atomic E-state index is 11.4. The summed E-state index contributed by atoms with van der Waals surface area (Å²) in [5.74, 6) is 0. The highest BCUT2D eigenvalue weighted by molar-refractivity contribution is 5.34. The Kier molecular flexibility index (Phi) is 3.27. The summed E-state index contributed by atoms with van der Waals surface area (Å²) in [5.41, 5.74) is 0.904. The minimum atomic E-state index is -0.448. The minimum Gasteiger partial charge on any atom is -0.247 e. The van der Waals surface area contributed by atoms with E-state index in [1.807, 2.05) is 12.1 Å². The van der Waals surface area contributed by atoms with Crippen LogP contribution < -0.4 is 11.4 Å². The van der Waals surface area contributed by atoms with Gasteiger partial charge in [-0.3, -0.25) is 0 Å². The first-order valence-corrected chi connectivity index (χ1v) is 5.71. The van der Waals surface area contributed by atoms with Crippen LogP contribution in [0.4, 0.5) is 0 Å². The van der Waals surface area contributed by atoms with Gasteiger partial charge in [-0.25, -0.2) is 24.4 Å². The van der Waals surface area contributed by atoms with Crippen LogP contribution in [0.3, 0.4) is 0 Å². The van der Waals surface area contributed by atoms with Gasteiger partial charge in [0.05, 0.1) is 5.69 Å². The van der Waals surface area contributed by atoms with Crippen molar-refractivity contribution in [1.82, 2.24) is 14.8 Å². The molecule has 2 aromatic rings. The molecule has 2 rings (SSSR count). The second-order valence-electron chi connectivity index (χ2n) is 3.97. The van der Waals surface area contributed by atoms with E-state index in [0.717, 1.165) is 23.8 Å². The van der Waals surface area contributed by atoms with Crippen LogP contribution in [0.25, 0.3) is 5.69 Å². The van der Waals surface area contributed by atoms with Crippen LogP contribution in [-0.4, -0.2) is 14.8 Å². The largest absolute Gasteiger partial charge is 0.348 e. The molecule has 0 unspecified atom stereocenters. The van der Waals surface area contributed by atoms with Crippen LogP contribution in [0.2, 0.25) is 0 Å². The summed E-state index contributed by atoms with van der Waals surface area (Å²) in [6, 6.07) is 7.47. The molecule has 0 saturated heterocycles. The Morgan fingerprint density at radius 2 is 1.65 bits per heavy atom. The summed E-state index contributed by atoms with van der Waals surface area (Å²) in [4.78, 5) is 22.7. The van der Waals surface area contributed by atoms with E-state index in [1.165, 1.54) is 5.56 Å². The molecule has 0 atom stereocenters. The van der Waals surface area contributed by atoms with Crippen molar-refractivity contribution >= 4 is 0 Å². The van der Waals surface area contributed by atoms with Gasteiger partial charge >= 0.3 is 11.4 Å². The standard InChI is InChI=1S/C12H15N3O2/c1-2-3-4-9-5-7-10(8-6-9)15-11(16)13-14-12(15)17/h5-8H,2-4H2,1H3,(H,13,16)(H,14,17). The Hall–Kier alpha value is -2.04. The highest BCUT2D eigenvalue weighted by Gasteiger charge is 2.05. The second-order valence-corrected chi connectivity index (χ2v) is 3.97. The molecule has 0 fully saturated rings. The van der Waals surface area contributed by atoms with Gasteiger partial charge in [0.15, 0.2) is 0 Å². The first kappa shape index (κ1) is 11.4. The molecule has 0 aliphatic heterocycles. The average molecular weight is 233 g/mol. The zero-order valence-corrected chi connectivity index (χ0v) is 9.69. The fourth-order valence-corrected chi connectivity index (χ4v) is 1.74. The van der Waals surface area contributed by atoms with Gasteiger partial charge in [0.1, 0.15) is 0 Å². The predicted octanol–water partition coefficient (Wildman–Crippen LogP) is 1.20. The van der Waals surface area contributed by atoms with Gasteiger partial charge in [-0.05, 0) is 30.5 Å². The smallest absolute Gasteiger partial charge is 0.247 e. The Morgan fingerprint density at radius 1 is 1.06 bits per heavy atom. The van der Waals surface area contributed by atoms with Crippen molar-refractivity contribution in [3.05, 3.63) is 50.8 Å². The van der Waals surface area contributed by atoms with Gasteiger partial charge < -0.3 is 0 Å². The molecule has 1 heterocycles. The number of rotatable bonds is 4. The molecule has 1 aromatic carbocycles. The number of hydrogen-bond donors (Lipinski definition) is 2. The van der Waals surface area contributed by atoms with E-state index in [-0.39, 0.29) is 0 Å². The number of aromatic nitrogens is 3. The lowest BCUT2D eigenvalue weighted by Crippen LogP contribution is -2.24. The molecule has 1 aromatic heterocycles. The van der Waals surface area contributed by atoms with E-state index >= 15 is 0 Å². The Bertz CT molecular complexity index is 562. The molecule has 5 heteroatoms. The van der Waals surface area contributed by atoms with Gasteiger partial charge in [-0.15, -0.1) is 0 Å². The summed E-state index contributed by atoms with van der Waals surface area (Å²) < 4.78 is 1.07. The lowest BCUT2D eigenvalue weighted by molar-refractivity contribution is 0.794. The average Bonchev–Trinajstić information content (AvgIpc) is 2.67. The van der Waals surface area contributed by atoms with Crippen molar-refractivity contribution in [2.75, 3.05) is 0 Å². The molecule has 5 nitrogen and oxygen atoms in total. The number of unbranched alkanes of at least 4 members (excludes halogenated alkanes) is 1. The third-order valence-electron chi connectivity index (χ3n) is 2.70. The highest BCUT2D eigenvalue weighted by atomic mass is 16.2. The first-order chi connectivity index (χ1) is 8.22. The Balaban J connectivity index is 2.30. The molecule has 0 saturated carbocycles. The van der Waals surface area contributed by atoms with Gasteiger partial charge in [0.2, 0.25) is 0 Å². The fraction of sp³-hybridized carbons (Fsp3) is 0.333. The van der Waals surface area contributed by atoms with Crippen molar-refractivity contribution in [3.8, 4) is 5.69 Å². The van der Waals surface area contributed by atoms with Crippen LogP contribution in [0, 0.1) is 0 Å². The molecule has 0 amide bonds. The third-order valence-corrected chi connectivity index (χ3v) is 2.70. The van der Waals surface area contributed by atoms with Crippen LogP contribution in [0.1, 0.15) is 25.3 Å². The maximum Gasteiger partial charge on any atom is 0.348 e. The number of nitrogens with zero attached hydrogens (tertiary/aromatic N) is 1. The van der Waals surface area contributed by atoms with Crippen LogP contribution in [0.5, 0.6) is 0 Å². The molecule has 0 radical (unpaired) electrons. The molecule has 90 valence electrons. The quantitative estimate of drug-likeness (QED) is 0.832. The number of H-pyrrole nitrogens is 2. The van der Waals surface area contributed by atoms with Gasteiger partial charge in [-0.2, -0.15) is 0 Å². The van der Waals surface area contributed by atoms with Gasteiger partial charge in [-0.1, -0.05) is 25.5 Å². The Morgan fingerprint density at radius 3 is 2.18 bits per heavy atom. The van der Waals surface area contributed by atoms with E-state index < -0.39 is 11.4 Å². The molecule has 0 aliphatic rings. The zero-order valence-electron chi connectivity index (χ0n) is 9.69. The number of benzene rings is 1. The summed E-state index contributed by atoms with van der Waals surface area (Å²) in [6.07, 6.45) is 3.32. The molecule has 17 heavy (non-hydrogen) atoms. The summed E-state index contributed by atoms with van der Waals surface area (Å²) >= 11 is 0. The fourth-order valence-electron chi connectivity index (χ4n) is 1.74. The minimum absolute atomic E-state index is 0.448. The van der Waals surface area contributed by atoms with Crippen molar-refractivity contribution in [2.45, 2.75) is 26.2 Å². The topological polar surface area (TPSA) is 70.7 Å². The van der Waals surface area contributed by atoms with Crippen molar-refractivity contribution in [3.63, 3.8) is 0 Å². The molecule has 0 bridgehead atoms. The van der Waals surface area contributed by atoms with Crippen LogP contribution in [-0.2, 0) is 6.42 Å². The molecule has 0 spiro atoms. The SMILES string of the molecule is CCCCc1ccc(-n2c(=O)[nH][nH]c2=O)cc1.